The van der Waals surface area contributed by atoms with Gasteiger partial charge in [0.25, 0.3) is 0 Å². The Labute approximate surface area is 132 Å². The summed E-state index contributed by atoms with van der Waals surface area (Å²) in [5.74, 6) is 0. The third-order valence-corrected chi connectivity index (χ3v) is 3.87. The van der Waals surface area contributed by atoms with Gasteiger partial charge in [0.2, 0.25) is 0 Å². The van der Waals surface area contributed by atoms with Crippen LogP contribution in [0.5, 0.6) is 0 Å². The van der Waals surface area contributed by atoms with Crippen molar-refractivity contribution in [2.45, 2.75) is 0 Å². The zero-order chi connectivity index (χ0) is 15.4. The zero-order valence-corrected chi connectivity index (χ0v) is 12.5. The molecule has 0 saturated carbocycles. The van der Waals surface area contributed by atoms with Gasteiger partial charge in [-0.3, -0.25) is 0 Å². The molecule has 0 heterocycles. The molecule has 3 aromatic carbocycles. The highest BCUT2D eigenvalue weighted by Gasteiger charge is 2.11. The van der Waals surface area contributed by atoms with E-state index in [1.165, 1.54) is 22.3 Å². The largest absolute Gasteiger partial charge is 0.0984 e. The van der Waals surface area contributed by atoms with Crippen molar-refractivity contribution in [3.63, 3.8) is 0 Å². The summed E-state index contributed by atoms with van der Waals surface area (Å²) < 4.78 is 0. The first-order valence-corrected chi connectivity index (χ1v) is 7.38. The van der Waals surface area contributed by atoms with Gasteiger partial charge in [-0.1, -0.05) is 98.1 Å². The van der Waals surface area contributed by atoms with Crippen LogP contribution in [0.15, 0.2) is 86.0 Å². The molecule has 0 spiro atoms. The molecule has 0 radical (unpaired) electrons. The Morgan fingerprint density at radius 2 is 0.864 bits per heavy atom. The van der Waals surface area contributed by atoms with Crippen LogP contribution in [0.4, 0.5) is 0 Å². The lowest BCUT2D eigenvalue weighted by Gasteiger charge is -2.15. The van der Waals surface area contributed by atoms with Crippen LogP contribution in [0, 0.1) is 0 Å². The van der Waals surface area contributed by atoms with Gasteiger partial charge < -0.3 is 0 Å². The number of hydrogen-bond acceptors (Lipinski definition) is 0. The fourth-order valence-electron chi connectivity index (χ4n) is 2.82. The molecule has 0 aliphatic carbocycles. The fourth-order valence-corrected chi connectivity index (χ4v) is 2.82. The molecular formula is C22H18. The lowest BCUT2D eigenvalue weighted by Crippen LogP contribution is -1.92. The Bertz CT molecular complexity index is 726. The van der Waals surface area contributed by atoms with Crippen LogP contribution in [-0.2, 0) is 0 Å². The summed E-state index contributed by atoms with van der Waals surface area (Å²) in [6, 6.07) is 25.1. The Kier molecular flexibility index (Phi) is 4.02. The summed E-state index contributed by atoms with van der Waals surface area (Å²) in [6.07, 6.45) is 3.84. The van der Waals surface area contributed by atoms with Gasteiger partial charge in [-0.2, -0.15) is 0 Å². The predicted octanol–water partition coefficient (Wildman–Crippen LogP) is 6.31. The molecule has 0 nitrogen and oxygen atoms in total. The standard InChI is InChI=1S/C22H18/c1-3-19-20(4-2)22(18-13-9-6-10-14-18)16-15-21(19)17-11-7-5-8-12-17/h3-16H,1-2H2. The molecule has 0 unspecified atom stereocenters. The molecule has 0 amide bonds. The smallest absolute Gasteiger partial charge is 0.0105 e. The molecule has 106 valence electrons. The van der Waals surface area contributed by atoms with E-state index in [0.29, 0.717) is 0 Å². The van der Waals surface area contributed by atoms with Crippen LogP contribution >= 0.6 is 0 Å². The topological polar surface area (TPSA) is 0 Å². The maximum atomic E-state index is 4.01. The third kappa shape index (κ3) is 2.51. The highest BCUT2D eigenvalue weighted by Crippen LogP contribution is 2.34. The molecule has 0 aliphatic rings. The van der Waals surface area contributed by atoms with Gasteiger partial charge in [-0.05, 0) is 33.4 Å². The molecule has 3 rings (SSSR count). The predicted molar refractivity (Wildman–Crippen MR) is 97.5 cm³/mol. The van der Waals surface area contributed by atoms with Crippen LogP contribution in [-0.4, -0.2) is 0 Å². The average Bonchev–Trinajstić information content (AvgIpc) is 2.61. The van der Waals surface area contributed by atoms with E-state index in [1.54, 1.807) is 0 Å². The van der Waals surface area contributed by atoms with Crippen LogP contribution in [0.2, 0.25) is 0 Å². The Hall–Kier alpha value is -2.86. The lowest BCUT2D eigenvalue weighted by molar-refractivity contribution is 1.54. The minimum Gasteiger partial charge on any atom is -0.0984 e. The lowest BCUT2D eigenvalue weighted by atomic mass is 9.89. The van der Waals surface area contributed by atoms with Crippen LogP contribution < -0.4 is 0 Å². The van der Waals surface area contributed by atoms with Crippen molar-refractivity contribution >= 4 is 12.2 Å². The quantitative estimate of drug-likeness (QED) is 0.526. The maximum Gasteiger partial charge on any atom is -0.0105 e. The van der Waals surface area contributed by atoms with Crippen LogP contribution in [0.25, 0.3) is 34.4 Å². The highest BCUT2D eigenvalue weighted by molar-refractivity contribution is 5.88. The molecule has 22 heavy (non-hydrogen) atoms. The first-order chi connectivity index (χ1) is 10.8. The summed E-state index contributed by atoms with van der Waals surface area (Å²) in [5.41, 5.74) is 7.01. The summed E-state index contributed by atoms with van der Waals surface area (Å²) in [5, 5.41) is 0. The van der Waals surface area contributed by atoms with Crippen molar-refractivity contribution in [3.8, 4) is 22.3 Å². The first kappa shape index (κ1) is 14.1. The summed E-state index contributed by atoms with van der Waals surface area (Å²) in [4.78, 5) is 0. The SMILES string of the molecule is C=Cc1c(-c2ccccc2)ccc(-c2ccccc2)c1C=C. The van der Waals surface area contributed by atoms with Gasteiger partial charge in [0.05, 0.1) is 0 Å². The zero-order valence-electron chi connectivity index (χ0n) is 12.5. The number of rotatable bonds is 4. The number of benzene rings is 3. The molecule has 0 aliphatic heterocycles. The molecule has 0 bridgehead atoms. The maximum absolute atomic E-state index is 4.01. The van der Waals surface area contributed by atoms with E-state index in [4.69, 9.17) is 0 Å². The molecule has 0 fully saturated rings. The van der Waals surface area contributed by atoms with E-state index in [1.807, 2.05) is 24.3 Å². The van der Waals surface area contributed by atoms with Gasteiger partial charge >= 0.3 is 0 Å². The summed E-state index contributed by atoms with van der Waals surface area (Å²) in [6.45, 7) is 8.03. The van der Waals surface area contributed by atoms with Crippen molar-refractivity contribution in [2.24, 2.45) is 0 Å². The van der Waals surface area contributed by atoms with E-state index in [0.717, 1.165) is 11.1 Å². The van der Waals surface area contributed by atoms with Crippen molar-refractivity contribution in [1.29, 1.82) is 0 Å². The van der Waals surface area contributed by atoms with Gasteiger partial charge in [-0.15, -0.1) is 0 Å². The van der Waals surface area contributed by atoms with Crippen molar-refractivity contribution in [3.05, 3.63) is 97.1 Å². The fraction of sp³-hybridized carbons (Fsp3) is 0. The van der Waals surface area contributed by atoms with Crippen LogP contribution in [0.1, 0.15) is 11.1 Å². The molecule has 0 aromatic heterocycles. The van der Waals surface area contributed by atoms with Gasteiger partial charge in [0.1, 0.15) is 0 Å². The van der Waals surface area contributed by atoms with E-state index in [9.17, 15) is 0 Å². The molecular weight excluding hydrogens is 264 g/mol. The second-order valence-corrected chi connectivity index (χ2v) is 5.13. The average molecular weight is 282 g/mol. The van der Waals surface area contributed by atoms with Gasteiger partial charge in [0.15, 0.2) is 0 Å². The van der Waals surface area contributed by atoms with E-state index in [-0.39, 0.29) is 0 Å². The summed E-state index contributed by atoms with van der Waals surface area (Å²) in [7, 11) is 0. The van der Waals surface area contributed by atoms with Crippen molar-refractivity contribution in [2.75, 3.05) is 0 Å². The molecule has 0 atom stereocenters. The third-order valence-electron chi connectivity index (χ3n) is 3.87. The van der Waals surface area contributed by atoms with E-state index >= 15 is 0 Å². The second kappa shape index (κ2) is 6.28. The minimum atomic E-state index is 1.13. The van der Waals surface area contributed by atoms with Crippen molar-refractivity contribution < 1.29 is 0 Å². The Morgan fingerprint density at radius 3 is 1.18 bits per heavy atom. The van der Waals surface area contributed by atoms with E-state index < -0.39 is 0 Å². The first-order valence-electron chi connectivity index (χ1n) is 7.38. The van der Waals surface area contributed by atoms with Gasteiger partial charge in [0, 0.05) is 0 Å². The highest BCUT2D eigenvalue weighted by atomic mass is 14.1. The molecule has 3 aromatic rings. The molecule has 0 saturated heterocycles. The molecule has 0 N–H and O–H groups in total. The Morgan fingerprint density at radius 1 is 0.500 bits per heavy atom. The monoisotopic (exact) mass is 282 g/mol. The normalized spacial score (nSPS) is 10.2. The number of hydrogen-bond donors (Lipinski definition) is 0. The minimum absolute atomic E-state index is 1.13. The Balaban J connectivity index is 2.25. The summed E-state index contributed by atoms with van der Waals surface area (Å²) >= 11 is 0. The van der Waals surface area contributed by atoms with E-state index in [2.05, 4.69) is 73.8 Å². The molecule has 0 heteroatoms. The van der Waals surface area contributed by atoms with Gasteiger partial charge in [-0.25, -0.2) is 0 Å². The van der Waals surface area contributed by atoms with Crippen LogP contribution in [0.3, 0.4) is 0 Å². The second-order valence-electron chi connectivity index (χ2n) is 5.13. The van der Waals surface area contributed by atoms with Crippen molar-refractivity contribution in [1.82, 2.24) is 0 Å².